The van der Waals surface area contributed by atoms with Gasteiger partial charge in [-0.15, -0.1) is 13.2 Å². The summed E-state index contributed by atoms with van der Waals surface area (Å²) < 4.78 is 0. The van der Waals surface area contributed by atoms with E-state index in [0.717, 1.165) is 25.8 Å². The highest BCUT2D eigenvalue weighted by molar-refractivity contribution is 5.76. The van der Waals surface area contributed by atoms with Crippen LogP contribution in [-0.2, 0) is 4.79 Å². The first-order valence-corrected chi connectivity index (χ1v) is 5.82. The van der Waals surface area contributed by atoms with Gasteiger partial charge in [0.25, 0.3) is 0 Å². The summed E-state index contributed by atoms with van der Waals surface area (Å²) in [6.07, 6.45) is 9.73. The molecule has 1 atom stereocenters. The zero-order valence-electron chi connectivity index (χ0n) is 9.45. The van der Waals surface area contributed by atoms with Gasteiger partial charge in [-0.25, -0.2) is 0 Å². The van der Waals surface area contributed by atoms with E-state index in [0.29, 0.717) is 6.42 Å². The van der Waals surface area contributed by atoms with Crippen LogP contribution in [0, 0.1) is 0 Å². The molecule has 0 aromatic rings. The molecule has 0 aromatic heterocycles. The zero-order valence-corrected chi connectivity index (χ0v) is 9.45. The van der Waals surface area contributed by atoms with Crippen molar-refractivity contribution in [3.8, 4) is 0 Å². The van der Waals surface area contributed by atoms with E-state index in [-0.39, 0.29) is 11.9 Å². The van der Waals surface area contributed by atoms with Gasteiger partial charge in [0, 0.05) is 19.0 Å². The molecule has 0 aliphatic carbocycles. The van der Waals surface area contributed by atoms with E-state index in [9.17, 15) is 4.79 Å². The lowest BCUT2D eigenvalue weighted by Crippen LogP contribution is -2.38. The molecule has 0 saturated carbocycles. The summed E-state index contributed by atoms with van der Waals surface area (Å²) in [4.78, 5) is 13.9. The van der Waals surface area contributed by atoms with Crippen molar-refractivity contribution in [2.45, 2.75) is 44.6 Å². The van der Waals surface area contributed by atoms with E-state index >= 15 is 0 Å². The van der Waals surface area contributed by atoms with Crippen LogP contribution in [0.15, 0.2) is 25.3 Å². The highest BCUT2D eigenvalue weighted by atomic mass is 16.2. The van der Waals surface area contributed by atoms with Crippen molar-refractivity contribution in [3.63, 3.8) is 0 Å². The molecule has 0 aromatic carbocycles. The fourth-order valence-corrected chi connectivity index (χ4v) is 2.06. The van der Waals surface area contributed by atoms with Gasteiger partial charge in [0.1, 0.15) is 0 Å². The third kappa shape index (κ3) is 3.54. The number of allylic oxidation sites excluding steroid dienone is 1. The van der Waals surface area contributed by atoms with Gasteiger partial charge in [-0.2, -0.15) is 0 Å². The molecule has 1 fully saturated rings. The van der Waals surface area contributed by atoms with Crippen molar-refractivity contribution in [1.82, 2.24) is 4.90 Å². The Balaban J connectivity index is 2.56. The minimum atomic E-state index is 0.252. The maximum atomic E-state index is 11.9. The van der Waals surface area contributed by atoms with Gasteiger partial charge in [0.2, 0.25) is 5.91 Å². The molecule has 1 saturated heterocycles. The van der Waals surface area contributed by atoms with Crippen molar-refractivity contribution >= 4 is 5.91 Å². The van der Waals surface area contributed by atoms with E-state index in [2.05, 4.69) is 13.2 Å². The Kier molecular flexibility index (Phi) is 5.16. The van der Waals surface area contributed by atoms with E-state index in [4.69, 9.17) is 0 Å². The van der Waals surface area contributed by atoms with E-state index in [1.165, 1.54) is 12.8 Å². The maximum Gasteiger partial charge on any atom is 0.223 e. The van der Waals surface area contributed by atoms with Crippen molar-refractivity contribution in [2.75, 3.05) is 6.54 Å². The van der Waals surface area contributed by atoms with Gasteiger partial charge in [-0.1, -0.05) is 25.0 Å². The zero-order chi connectivity index (χ0) is 11.1. The summed E-state index contributed by atoms with van der Waals surface area (Å²) in [6.45, 7) is 8.36. The van der Waals surface area contributed by atoms with Crippen LogP contribution < -0.4 is 0 Å². The van der Waals surface area contributed by atoms with Gasteiger partial charge in [-0.05, 0) is 19.3 Å². The quantitative estimate of drug-likeness (QED) is 0.649. The molecule has 0 unspecified atom stereocenters. The molecule has 84 valence electrons. The summed E-state index contributed by atoms with van der Waals surface area (Å²) in [5.74, 6) is 0.252. The van der Waals surface area contributed by atoms with Crippen LogP contribution in [0.1, 0.15) is 38.5 Å². The Morgan fingerprint density at radius 2 is 2.13 bits per heavy atom. The average Bonchev–Trinajstić information content (AvgIpc) is 2.50. The molecule has 2 nitrogen and oxygen atoms in total. The van der Waals surface area contributed by atoms with E-state index in [1.807, 2.05) is 11.0 Å². The smallest absolute Gasteiger partial charge is 0.223 e. The SMILES string of the molecule is C=CCCC(=O)N1CCCCC[C@H]1C=C. The Labute approximate surface area is 92.7 Å². The fraction of sp³-hybridized carbons (Fsp3) is 0.615. The first kappa shape index (κ1) is 12.0. The number of nitrogens with zero attached hydrogens (tertiary/aromatic N) is 1. The van der Waals surface area contributed by atoms with E-state index in [1.54, 1.807) is 6.08 Å². The monoisotopic (exact) mass is 207 g/mol. The second kappa shape index (κ2) is 6.44. The summed E-state index contributed by atoms with van der Waals surface area (Å²) in [6, 6.07) is 0.254. The van der Waals surface area contributed by atoms with Crippen molar-refractivity contribution in [3.05, 3.63) is 25.3 Å². The molecule has 0 N–H and O–H groups in total. The van der Waals surface area contributed by atoms with Crippen LogP contribution in [0.2, 0.25) is 0 Å². The number of carbonyl (C=O) groups is 1. The van der Waals surface area contributed by atoms with Crippen molar-refractivity contribution in [2.24, 2.45) is 0 Å². The molecule has 1 rings (SSSR count). The standard InChI is InChI=1S/C13H21NO/c1-3-5-10-13(15)14-11-8-6-7-9-12(14)4-2/h3-4,12H,1-2,5-11H2/t12-/m1/s1. The summed E-state index contributed by atoms with van der Waals surface area (Å²) in [5, 5.41) is 0. The van der Waals surface area contributed by atoms with Crippen LogP contribution >= 0.6 is 0 Å². The van der Waals surface area contributed by atoms with E-state index < -0.39 is 0 Å². The largest absolute Gasteiger partial charge is 0.336 e. The number of rotatable bonds is 4. The number of carbonyl (C=O) groups excluding carboxylic acids is 1. The van der Waals surface area contributed by atoms with Gasteiger partial charge >= 0.3 is 0 Å². The van der Waals surface area contributed by atoms with Crippen LogP contribution in [0.25, 0.3) is 0 Å². The minimum absolute atomic E-state index is 0.252. The molecule has 1 aliphatic rings. The number of amides is 1. The lowest BCUT2D eigenvalue weighted by molar-refractivity contribution is -0.132. The second-order valence-electron chi connectivity index (χ2n) is 4.07. The van der Waals surface area contributed by atoms with Gasteiger partial charge in [0.05, 0.1) is 0 Å². The molecule has 0 bridgehead atoms. The maximum absolute atomic E-state index is 11.9. The molecular weight excluding hydrogens is 186 g/mol. The minimum Gasteiger partial charge on any atom is -0.336 e. The first-order chi connectivity index (χ1) is 7.29. The fourth-order valence-electron chi connectivity index (χ4n) is 2.06. The predicted octanol–water partition coefficient (Wildman–Crippen LogP) is 2.91. The normalized spacial score (nSPS) is 21.9. The van der Waals surface area contributed by atoms with Crippen LogP contribution in [-0.4, -0.2) is 23.4 Å². The molecule has 1 amide bonds. The number of hydrogen-bond acceptors (Lipinski definition) is 1. The van der Waals surface area contributed by atoms with Gasteiger partial charge in [-0.3, -0.25) is 4.79 Å². The number of likely N-dealkylation sites (tertiary alicyclic amines) is 1. The first-order valence-electron chi connectivity index (χ1n) is 5.82. The summed E-state index contributed by atoms with van der Waals surface area (Å²) in [5.41, 5.74) is 0. The third-order valence-corrected chi connectivity index (χ3v) is 2.95. The molecule has 0 radical (unpaired) electrons. The molecule has 0 spiro atoms. The molecule has 2 heteroatoms. The van der Waals surface area contributed by atoms with Crippen LogP contribution in [0.4, 0.5) is 0 Å². The summed E-state index contributed by atoms with van der Waals surface area (Å²) in [7, 11) is 0. The second-order valence-corrected chi connectivity index (χ2v) is 4.07. The molecule has 1 aliphatic heterocycles. The topological polar surface area (TPSA) is 20.3 Å². The molecular formula is C13H21NO. The van der Waals surface area contributed by atoms with Gasteiger partial charge < -0.3 is 4.90 Å². The Bertz CT molecular complexity index is 235. The lowest BCUT2D eigenvalue weighted by atomic mass is 10.1. The predicted molar refractivity (Wildman–Crippen MR) is 63.6 cm³/mol. The Hall–Kier alpha value is -1.05. The van der Waals surface area contributed by atoms with Gasteiger partial charge in [0.15, 0.2) is 0 Å². The summed E-state index contributed by atoms with van der Waals surface area (Å²) >= 11 is 0. The molecule has 1 heterocycles. The van der Waals surface area contributed by atoms with Crippen LogP contribution in [0.5, 0.6) is 0 Å². The Morgan fingerprint density at radius 1 is 1.33 bits per heavy atom. The highest BCUT2D eigenvalue weighted by Crippen LogP contribution is 2.18. The lowest BCUT2D eigenvalue weighted by Gasteiger charge is -2.27. The average molecular weight is 207 g/mol. The highest BCUT2D eigenvalue weighted by Gasteiger charge is 2.22. The number of hydrogen-bond donors (Lipinski definition) is 0. The van der Waals surface area contributed by atoms with Crippen molar-refractivity contribution < 1.29 is 4.79 Å². The Morgan fingerprint density at radius 3 is 2.80 bits per heavy atom. The van der Waals surface area contributed by atoms with Crippen LogP contribution in [0.3, 0.4) is 0 Å². The third-order valence-electron chi connectivity index (χ3n) is 2.95. The van der Waals surface area contributed by atoms with Crippen molar-refractivity contribution in [1.29, 1.82) is 0 Å². The molecule has 15 heavy (non-hydrogen) atoms.